The molecular weight excluding hydrogens is 264 g/mol. The molecule has 0 fully saturated rings. The van der Waals surface area contributed by atoms with Crippen LogP contribution in [0.2, 0.25) is 0 Å². The maximum atomic E-state index is 9.81. The van der Waals surface area contributed by atoms with Gasteiger partial charge in [0.15, 0.2) is 0 Å². The Morgan fingerprint density at radius 3 is 2.86 bits per heavy atom. The van der Waals surface area contributed by atoms with Crippen LogP contribution >= 0.6 is 0 Å². The average Bonchev–Trinajstić information content (AvgIpc) is 2.55. The summed E-state index contributed by atoms with van der Waals surface area (Å²) in [6, 6.07) is 6.00. The van der Waals surface area contributed by atoms with E-state index < -0.39 is 0 Å². The SMILES string of the molecule is CC[C@@H](O)CN1CCc2nnc(-c3ccncc3)cc2C1. The van der Waals surface area contributed by atoms with Gasteiger partial charge in [-0.3, -0.25) is 9.88 Å². The third kappa shape index (κ3) is 3.25. The molecular formula is C16H20N4O. The van der Waals surface area contributed by atoms with Crippen molar-refractivity contribution >= 4 is 0 Å². The Balaban J connectivity index is 1.81. The fourth-order valence-corrected chi connectivity index (χ4v) is 2.63. The van der Waals surface area contributed by atoms with Crippen molar-refractivity contribution in [2.45, 2.75) is 32.4 Å². The molecule has 1 aliphatic heterocycles. The van der Waals surface area contributed by atoms with Gasteiger partial charge in [0, 0.05) is 44.0 Å². The van der Waals surface area contributed by atoms with Gasteiger partial charge in [-0.05, 0) is 30.2 Å². The predicted octanol–water partition coefficient (Wildman–Crippen LogP) is 1.67. The second-order valence-corrected chi connectivity index (χ2v) is 5.48. The molecule has 1 atom stereocenters. The van der Waals surface area contributed by atoms with E-state index in [0.717, 1.165) is 49.4 Å². The van der Waals surface area contributed by atoms with E-state index in [1.54, 1.807) is 12.4 Å². The van der Waals surface area contributed by atoms with Crippen molar-refractivity contribution in [1.29, 1.82) is 0 Å². The zero-order valence-electron chi connectivity index (χ0n) is 12.2. The Kier molecular flexibility index (Phi) is 4.22. The lowest BCUT2D eigenvalue weighted by atomic mass is 10.0. The van der Waals surface area contributed by atoms with Crippen molar-refractivity contribution in [3.05, 3.63) is 41.9 Å². The molecule has 21 heavy (non-hydrogen) atoms. The van der Waals surface area contributed by atoms with Crippen LogP contribution in [0, 0.1) is 0 Å². The highest BCUT2D eigenvalue weighted by Gasteiger charge is 2.20. The molecule has 110 valence electrons. The van der Waals surface area contributed by atoms with Crippen LogP contribution < -0.4 is 0 Å². The molecule has 0 spiro atoms. The van der Waals surface area contributed by atoms with Crippen LogP contribution in [0.25, 0.3) is 11.3 Å². The molecule has 0 unspecified atom stereocenters. The highest BCUT2D eigenvalue weighted by molar-refractivity contribution is 5.58. The van der Waals surface area contributed by atoms with Gasteiger partial charge < -0.3 is 5.11 Å². The zero-order chi connectivity index (χ0) is 14.7. The first-order chi connectivity index (χ1) is 10.3. The highest BCUT2D eigenvalue weighted by Crippen LogP contribution is 2.22. The lowest BCUT2D eigenvalue weighted by Crippen LogP contribution is -2.36. The van der Waals surface area contributed by atoms with E-state index in [0.29, 0.717) is 0 Å². The molecule has 5 nitrogen and oxygen atoms in total. The molecule has 1 N–H and O–H groups in total. The molecule has 0 aromatic carbocycles. The fraction of sp³-hybridized carbons (Fsp3) is 0.438. The summed E-state index contributed by atoms with van der Waals surface area (Å²) in [6.07, 6.45) is 4.97. The van der Waals surface area contributed by atoms with Crippen LogP contribution in [0.4, 0.5) is 0 Å². The highest BCUT2D eigenvalue weighted by atomic mass is 16.3. The number of β-amino-alcohol motifs (C(OH)–C–C–N with tert-alkyl or cyclic N) is 1. The van der Waals surface area contributed by atoms with Crippen molar-refractivity contribution in [1.82, 2.24) is 20.1 Å². The van der Waals surface area contributed by atoms with Crippen molar-refractivity contribution in [3.8, 4) is 11.3 Å². The third-order valence-electron chi connectivity index (χ3n) is 3.94. The first-order valence-corrected chi connectivity index (χ1v) is 7.42. The smallest absolute Gasteiger partial charge is 0.0934 e. The molecule has 3 rings (SSSR count). The Morgan fingerprint density at radius 2 is 2.10 bits per heavy atom. The van der Waals surface area contributed by atoms with Crippen molar-refractivity contribution in [2.24, 2.45) is 0 Å². The van der Waals surface area contributed by atoms with Gasteiger partial charge >= 0.3 is 0 Å². The van der Waals surface area contributed by atoms with Crippen molar-refractivity contribution in [2.75, 3.05) is 13.1 Å². The lowest BCUT2D eigenvalue weighted by molar-refractivity contribution is 0.102. The Bertz CT molecular complexity index is 602. The van der Waals surface area contributed by atoms with Crippen LogP contribution in [-0.2, 0) is 13.0 Å². The molecule has 2 aromatic rings. The fourth-order valence-electron chi connectivity index (χ4n) is 2.63. The second-order valence-electron chi connectivity index (χ2n) is 5.48. The molecule has 0 aliphatic carbocycles. The summed E-state index contributed by atoms with van der Waals surface area (Å²) in [5.41, 5.74) is 4.21. The molecule has 0 amide bonds. The number of fused-ring (bicyclic) bond motifs is 1. The monoisotopic (exact) mass is 284 g/mol. The molecule has 5 heteroatoms. The van der Waals surface area contributed by atoms with E-state index in [-0.39, 0.29) is 6.10 Å². The largest absolute Gasteiger partial charge is 0.392 e. The van der Waals surface area contributed by atoms with Crippen molar-refractivity contribution in [3.63, 3.8) is 0 Å². The molecule has 0 saturated carbocycles. The summed E-state index contributed by atoms with van der Waals surface area (Å²) in [5, 5.41) is 18.5. The van der Waals surface area contributed by atoms with Crippen molar-refractivity contribution < 1.29 is 5.11 Å². The minimum absolute atomic E-state index is 0.249. The minimum atomic E-state index is -0.249. The van der Waals surface area contributed by atoms with Crippen LogP contribution in [0.3, 0.4) is 0 Å². The predicted molar refractivity (Wildman–Crippen MR) is 80.5 cm³/mol. The van der Waals surface area contributed by atoms with Crippen LogP contribution in [0.1, 0.15) is 24.6 Å². The lowest BCUT2D eigenvalue weighted by Gasteiger charge is -2.29. The number of aliphatic hydroxyl groups is 1. The number of hydrogen-bond acceptors (Lipinski definition) is 5. The summed E-state index contributed by atoms with van der Waals surface area (Å²) in [6.45, 7) is 4.51. The molecule has 2 aromatic heterocycles. The van der Waals surface area contributed by atoms with Crippen LogP contribution in [-0.4, -0.2) is 44.4 Å². The van der Waals surface area contributed by atoms with Crippen LogP contribution in [0.5, 0.6) is 0 Å². The molecule has 0 radical (unpaired) electrons. The van der Waals surface area contributed by atoms with Gasteiger partial charge in [-0.15, -0.1) is 0 Å². The van der Waals surface area contributed by atoms with Gasteiger partial charge in [0.1, 0.15) is 0 Å². The number of pyridine rings is 1. The molecule has 0 saturated heterocycles. The number of aliphatic hydroxyl groups excluding tert-OH is 1. The Hall–Kier alpha value is -1.85. The van der Waals surface area contributed by atoms with E-state index in [4.69, 9.17) is 0 Å². The van der Waals surface area contributed by atoms with E-state index in [1.165, 1.54) is 5.56 Å². The maximum Gasteiger partial charge on any atom is 0.0934 e. The second kappa shape index (κ2) is 6.28. The topological polar surface area (TPSA) is 62.1 Å². The number of nitrogens with zero attached hydrogens (tertiary/aromatic N) is 4. The summed E-state index contributed by atoms with van der Waals surface area (Å²) in [4.78, 5) is 6.31. The zero-order valence-corrected chi connectivity index (χ0v) is 12.2. The summed E-state index contributed by atoms with van der Waals surface area (Å²) in [5.74, 6) is 0. The van der Waals surface area contributed by atoms with E-state index in [1.807, 2.05) is 19.1 Å². The molecule has 3 heterocycles. The van der Waals surface area contributed by atoms with Gasteiger partial charge in [0.05, 0.1) is 17.5 Å². The van der Waals surface area contributed by atoms with Gasteiger partial charge in [0.2, 0.25) is 0 Å². The van der Waals surface area contributed by atoms with Gasteiger partial charge in [-0.25, -0.2) is 0 Å². The normalized spacial score (nSPS) is 16.5. The Morgan fingerprint density at radius 1 is 1.29 bits per heavy atom. The first kappa shape index (κ1) is 14.1. The summed E-state index contributed by atoms with van der Waals surface area (Å²) >= 11 is 0. The van der Waals surface area contributed by atoms with Crippen LogP contribution in [0.15, 0.2) is 30.6 Å². The quantitative estimate of drug-likeness (QED) is 0.925. The van der Waals surface area contributed by atoms with E-state index in [9.17, 15) is 5.11 Å². The summed E-state index contributed by atoms with van der Waals surface area (Å²) in [7, 11) is 0. The van der Waals surface area contributed by atoms with Gasteiger partial charge in [0.25, 0.3) is 0 Å². The maximum absolute atomic E-state index is 9.81. The molecule has 1 aliphatic rings. The third-order valence-corrected chi connectivity index (χ3v) is 3.94. The molecule has 0 bridgehead atoms. The average molecular weight is 284 g/mol. The van der Waals surface area contributed by atoms with Gasteiger partial charge in [-0.2, -0.15) is 10.2 Å². The number of hydrogen-bond donors (Lipinski definition) is 1. The number of aromatic nitrogens is 3. The Labute approximate surface area is 124 Å². The van der Waals surface area contributed by atoms with E-state index >= 15 is 0 Å². The summed E-state index contributed by atoms with van der Waals surface area (Å²) < 4.78 is 0. The standard InChI is InChI=1S/C16H20N4O/c1-2-14(21)11-20-8-5-15-13(10-20)9-16(19-18-15)12-3-6-17-7-4-12/h3-4,6-7,9,14,21H,2,5,8,10-11H2,1H3/t14-/m1/s1. The first-order valence-electron chi connectivity index (χ1n) is 7.42. The number of rotatable bonds is 4. The van der Waals surface area contributed by atoms with Gasteiger partial charge in [-0.1, -0.05) is 6.92 Å². The van der Waals surface area contributed by atoms with E-state index in [2.05, 4.69) is 26.1 Å². The minimum Gasteiger partial charge on any atom is -0.392 e.